The normalized spacial score (nSPS) is 12.4. The van der Waals surface area contributed by atoms with Crippen molar-refractivity contribution >= 4 is 0 Å². The lowest BCUT2D eigenvalue weighted by molar-refractivity contribution is 0.337. The van der Waals surface area contributed by atoms with Crippen LogP contribution in [0.2, 0.25) is 0 Å². The maximum atomic E-state index is 5.63. The highest BCUT2D eigenvalue weighted by atomic mass is 16.5. The van der Waals surface area contributed by atoms with Crippen molar-refractivity contribution in [2.75, 3.05) is 6.61 Å². The van der Waals surface area contributed by atoms with Gasteiger partial charge in [-0.05, 0) is 55.9 Å². The van der Waals surface area contributed by atoms with Crippen LogP contribution in [0.25, 0.3) is 0 Å². The Hall–Kier alpha value is -1.84. The minimum atomic E-state index is 0.416. The van der Waals surface area contributed by atoms with Gasteiger partial charge >= 0.3 is 0 Å². The van der Waals surface area contributed by atoms with Gasteiger partial charge in [-0.15, -0.1) is 0 Å². The number of aryl methyl sites for hydroxylation is 2. The molecule has 0 aliphatic heterocycles. The number of nitrogens with one attached hydrogen (secondary N) is 1. The minimum Gasteiger partial charge on any atom is -0.494 e. The molecule has 4 nitrogen and oxygen atoms in total. The molecule has 19 heavy (non-hydrogen) atoms. The third kappa shape index (κ3) is 3.13. The van der Waals surface area contributed by atoms with Crippen LogP contribution in [0.1, 0.15) is 42.1 Å². The molecule has 0 amide bonds. The van der Waals surface area contributed by atoms with E-state index in [0.29, 0.717) is 12.5 Å². The van der Waals surface area contributed by atoms with Crippen molar-refractivity contribution < 1.29 is 4.74 Å². The fourth-order valence-electron chi connectivity index (χ4n) is 2.40. The predicted molar refractivity (Wildman–Crippen MR) is 75.6 cm³/mol. The summed E-state index contributed by atoms with van der Waals surface area (Å²) in [5.41, 5.74) is 4.81. The van der Waals surface area contributed by atoms with Crippen molar-refractivity contribution in [3.8, 4) is 5.75 Å². The Balaban J connectivity index is 2.22. The highest BCUT2D eigenvalue weighted by Gasteiger charge is 2.13. The third-order valence-corrected chi connectivity index (χ3v) is 3.37. The molecule has 2 aromatic rings. The van der Waals surface area contributed by atoms with Crippen molar-refractivity contribution in [1.29, 1.82) is 0 Å². The number of rotatable bonds is 5. The maximum absolute atomic E-state index is 5.63. The molecule has 1 N–H and O–H groups in total. The molecule has 0 fully saturated rings. The Morgan fingerprint density at radius 2 is 2.05 bits per heavy atom. The second-order valence-electron chi connectivity index (χ2n) is 4.97. The first-order valence-electron chi connectivity index (χ1n) is 6.70. The zero-order chi connectivity index (χ0) is 13.8. The summed E-state index contributed by atoms with van der Waals surface area (Å²) in [6.07, 6.45) is 2.68. The highest BCUT2D eigenvalue weighted by molar-refractivity contribution is 5.43. The Labute approximate surface area is 114 Å². The molecule has 2 rings (SSSR count). The van der Waals surface area contributed by atoms with Crippen molar-refractivity contribution in [1.82, 2.24) is 15.4 Å². The van der Waals surface area contributed by atoms with Gasteiger partial charge in [-0.1, -0.05) is 13.0 Å². The molecule has 1 heterocycles. The van der Waals surface area contributed by atoms with Gasteiger partial charge in [0.1, 0.15) is 5.75 Å². The molecule has 0 spiro atoms. The predicted octanol–water partition coefficient (Wildman–Crippen LogP) is 3.17. The van der Waals surface area contributed by atoms with E-state index in [1.807, 2.05) is 6.92 Å². The summed E-state index contributed by atoms with van der Waals surface area (Å²) in [7, 11) is 0. The molecule has 0 aliphatic carbocycles. The van der Waals surface area contributed by atoms with Crippen LogP contribution in [0.5, 0.6) is 5.75 Å². The largest absolute Gasteiger partial charge is 0.494 e. The van der Waals surface area contributed by atoms with E-state index in [0.717, 1.165) is 17.9 Å². The molecular formula is C15H21N3O. The third-order valence-electron chi connectivity index (χ3n) is 3.37. The van der Waals surface area contributed by atoms with Gasteiger partial charge in [-0.3, -0.25) is 0 Å². The van der Waals surface area contributed by atoms with E-state index in [1.54, 1.807) is 6.20 Å². The first kappa shape index (κ1) is 13.6. The van der Waals surface area contributed by atoms with Gasteiger partial charge in [0.25, 0.3) is 0 Å². The Morgan fingerprint density at radius 1 is 1.26 bits per heavy atom. The number of ether oxygens (including phenoxy) is 1. The van der Waals surface area contributed by atoms with Gasteiger partial charge in [-0.25, -0.2) is 0 Å². The second-order valence-corrected chi connectivity index (χ2v) is 4.97. The molecular weight excluding hydrogens is 238 g/mol. The minimum absolute atomic E-state index is 0.416. The Morgan fingerprint density at radius 3 is 2.68 bits per heavy atom. The molecule has 0 bridgehead atoms. The zero-order valence-electron chi connectivity index (χ0n) is 12.0. The summed E-state index contributed by atoms with van der Waals surface area (Å²) in [4.78, 5) is 0. The van der Waals surface area contributed by atoms with Crippen LogP contribution < -0.4 is 4.74 Å². The molecule has 1 aromatic heterocycles. The number of benzene rings is 1. The molecule has 0 saturated carbocycles. The lowest BCUT2D eigenvalue weighted by atomic mass is 9.91. The van der Waals surface area contributed by atoms with E-state index in [4.69, 9.17) is 4.74 Å². The van der Waals surface area contributed by atoms with E-state index in [9.17, 15) is 0 Å². The van der Waals surface area contributed by atoms with E-state index in [1.165, 1.54) is 16.7 Å². The molecule has 0 radical (unpaired) electrons. The maximum Gasteiger partial charge on any atom is 0.122 e. The number of H-pyrrole nitrogens is 1. The first-order chi connectivity index (χ1) is 9.11. The summed E-state index contributed by atoms with van der Waals surface area (Å²) in [5.74, 6) is 1.40. The van der Waals surface area contributed by atoms with E-state index in [-0.39, 0.29) is 0 Å². The van der Waals surface area contributed by atoms with E-state index >= 15 is 0 Å². The van der Waals surface area contributed by atoms with Gasteiger partial charge in [0.2, 0.25) is 0 Å². The number of hydrogen-bond acceptors (Lipinski definition) is 3. The Kier molecular flexibility index (Phi) is 4.20. The lowest BCUT2D eigenvalue weighted by Gasteiger charge is -2.17. The molecule has 0 saturated heterocycles. The average molecular weight is 259 g/mol. The second kappa shape index (κ2) is 5.87. The van der Waals surface area contributed by atoms with Crippen LogP contribution in [0.15, 0.2) is 18.3 Å². The summed E-state index contributed by atoms with van der Waals surface area (Å²) in [6.45, 7) is 9.16. The first-order valence-corrected chi connectivity index (χ1v) is 6.70. The quantitative estimate of drug-likeness (QED) is 0.897. The number of nitrogens with zero attached hydrogens (tertiary/aromatic N) is 2. The fraction of sp³-hybridized carbons (Fsp3) is 0.467. The SMILES string of the molecule is CCOc1cc(C)c(C(C)Cc2cn[nH]n2)cc1C. The van der Waals surface area contributed by atoms with E-state index in [2.05, 4.69) is 48.3 Å². The summed E-state index contributed by atoms with van der Waals surface area (Å²) < 4.78 is 5.63. The summed E-state index contributed by atoms with van der Waals surface area (Å²) >= 11 is 0. The monoisotopic (exact) mass is 259 g/mol. The molecule has 102 valence electrons. The van der Waals surface area contributed by atoms with Crippen LogP contribution >= 0.6 is 0 Å². The van der Waals surface area contributed by atoms with Crippen LogP contribution in [0, 0.1) is 13.8 Å². The molecule has 1 aromatic carbocycles. The fourth-order valence-corrected chi connectivity index (χ4v) is 2.40. The van der Waals surface area contributed by atoms with Gasteiger partial charge in [0, 0.05) is 0 Å². The van der Waals surface area contributed by atoms with Crippen molar-refractivity contribution in [3.05, 3.63) is 40.7 Å². The van der Waals surface area contributed by atoms with Crippen molar-refractivity contribution in [2.24, 2.45) is 0 Å². The summed E-state index contributed by atoms with van der Waals surface area (Å²) in [6, 6.07) is 4.36. The molecule has 0 aliphatic rings. The summed E-state index contributed by atoms with van der Waals surface area (Å²) in [5, 5.41) is 10.6. The van der Waals surface area contributed by atoms with Crippen LogP contribution in [-0.2, 0) is 6.42 Å². The molecule has 1 unspecified atom stereocenters. The van der Waals surface area contributed by atoms with Crippen molar-refractivity contribution in [2.45, 2.75) is 40.0 Å². The van der Waals surface area contributed by atoms with Gasteiger partial charge in [0.15, 0.2) is 0 Å². The highest BCUT2D eigenvalue weighted by Crippen LogP contribution is 2.29. The average Bonchev–Trinajstić information content (AvgIpc) is 2.86. The molecule has 4 heteroatoms. The smallest absolute Gasteiger partial charge is 0.122 e. The lowest BCUT2D eigenvalue weighted by Crippen LogP contribution is -2.03. The van der Waals surface area contributed by atoms with Gasteiger partial charge in [-0.2, -0.15) is 15.4 Å². The van der Waals surface area contributed by atoms with Crippen molar-refractivity contribution in [3.63, 3.8) is 0 Å². The number of aromatic nitrogens is 3. The Bertz CT molecular complexity index is 535. The standard InChI is InChI=1S/C15H21N3O/c1-5-19-15-8-11(3)14(7-12(15)4)10(2)6-13-9-16-18-17-13/h7-10H,5-6H2,1-4H3,(H,16,17,18). The molecule has 1 atom stereocenters. The van der Waals surface area contributed by atoms with Gasteiger partial charge in [0.05, 0.1) is 18.5 Å². The number of hydrogen-bond donors (Lipinski definition) is 1. The topological polar surface area (TPSA) is 50.8 Å². The van der Waals surface area contributed by atoms with Crippen LogP contribution in [0.4, 0.5) is 0 Å². The van der Waals surface area contributed by atoms with Crippen LogP contribution in [0.3, 0.4) is 0 Å². The van der Waals surface area contributed by atoms with Gasteiger partial charge < -0.3 is 4.74 Å². The van der Waals surface area contributed by atoms with E-state index < -0.39 is 0 Å². The zero-order valence-corrected chi connectivity index (χ0v) is 12.0. The number of aromatic amines is 1. The van der Waals surface area contributed by atoms with Crippen LogP contribution in [-0.4, -0.2) is 22.0 Å².